The summed E-state index contributed by atoms with van der Waals surface area (Å²) in [5, 5.41) is 15.9. The summed E-state index contributed by atoms with van der Waals surface area (Å²) < 4.78 is 0. The Labute approximate surface area is 140 Å². The molecule has 1 unspecified atom stereocenters. The molecule has 1 N–H and O–H groups in total. The highest BCUT2D eigenvalue weighted by Gasteiger charge is 2.47. The van der Waals surface area contributed by atoms with Gasteiger partial charge < -0.3 is 15.1 Å². The summed E-state index contributed by atoms with van der Waals surface area (Å²) in [6.45, 7) is 1.45. The van der Waals surface area contributed by atoms with E-state index >= 15 is 0 Å². The molecule has 1 saturated carbocycles. The lowest BCUT2D eigenvalue weighted by Crippen LogP contribution is -2.44. The first-order valence-corrected chi connectivity index (χ1v) is 8.34. The zero-order valence-electron chi connectivity index (χ0n) is 13.4. The van der Waals surface area contributed by atoms with Gasteiger partial charge in [0.2, 0.25) is 0 Å². The van der Waals surface area contributed by atoms with Gasteiger partial charge in [0.1, 0.15) is 17.6 Å². The number of rotatable bonds is 3. The van der Waals surface area contributed by atoms with E-state index in [4.69, 9.17) is 10.1 Å². The maximum absolute atomic E-state index is 12.2. The number of nitriles is 1. The fourth-order valence-electron chi connectivity index (χ4n) is 3.36. The number of hydrogen-bond acceptors (Lipinski definition) is 6. The lowest BCUT2D eigenvalue weighted by molar-refractivity contribution is -0.116. The van der Waals surface area contributed by atoms with Crippen molar-refractivity contribution in [2.75, 3.05) is 18.0 Å². The molecule has 3 aliphatic rings. The van der Waals surface area contributed by atoms with Crippen molar-refractivity contribution in [1.82, 2.24) is 10.3 Å². The summed E-state index contributed by atoms with van der Waals surface area (Å²) >= 11 is 0. The summed E-state index contributed by atoms with van der Waals surface area (Å²) in [5.74, 6) is 0.730. The summed E-state index contributed by atoms with van der Waals surface area (Å²) in [7, 11) is 0. The number of carbonyl (C=O) groups is 1. The molecule has 1 amide bonds. The van der Waals surface area contributed by atoms with Gasteiger partial charge in [0.25, 0.3) is 5.91 Å². The third-order valence-electron chi connectivity index (χ3n) is 5.06. The van der Waals surface area contributed by atoms with Crippen LogP contribution in [0, 0.1) is 11.3 Å². The van der Waals surface area contributed by atoms with E-state index in [1.54, 1.807) is 12.3 Å². The van der Waals surface area contributed by atoms with Gasteiger partial charge in [-0.15, -0.1) is 0 Å². The molecular formula is C17H19N5O2. The molecule has 124 valence electrons. The molecule has 1 aromatic rings. The Morgan fingerprint density at radius 3 is 3.00 bits per heavy atom. The Balaban J connectivity index is 1.38. The van der Waals surface area contributed by atoms with Gasteiger partial charge in [0.15, 0.2) is 5.60 Å². The fraction of sp³-hybridized carbons (Fsp3) is 0.529. The minimum absolute atomic E-state index is 0.0912. The molecule has 1 aliphatic carbocycles. The van der Waals surface area contributed by atoms with Crippen molar-refractivity contribution in [2.24, 2.45) is 5.16 Å². The van der Waals surface area contributed by atoms with Crippen LogP contribution in [0.2, 0.25) is 0 Å². The van der Waals surface area contributed by atoms with Crippen LogP contribution in [0.5, 0.6) is 0 Å². The van der Waals surface area contributed by atoms with Gasteiger partial charge in [-0.1, -0.05) is 5.16 Å². The van der Waals surface area contributed by atoms with E-state index in [1.807, 2.05) is 6.07 Å². The molecule has 0 bridgehead atoms. The van der Waals surface area contributed by atoms with Crippen molar-refractivity contribution >= 4 is 17.4 Å². The molecule has 1 atom stereocenters. The van der Waals surface area contributed by atoms with Crippen LogP contribution in [0.1, 0.15) is 37.7 Å². The molecule has 3 heterocycles. The Morgan fingerprint density at radius 1 is 1.46 bits per heavy atom. The third-order valence-corrected chi connectivity index (χ3v) is 5.06. The molecule has 7 nitrogen and oxygen atoms in total. The van der Waals surface area contributed by atoms with Crippen LogP contribution in [0.3, 0.4) is 0 Å². The average Bonchev–Trinajstić information content (AvgIpc) is 3.18. The number of carbonyl (C=O) groups excluding carboxylic acids is 1. The van der Waals surface area contributed by atoms with Crippen molar-refractivity contribution in [3.8, 4) is 6.07 Å². The fourth-order valence-corrected chi connectivity index (χ4v) is 3.36. The number of nitrogens with zero attached hydrogens (tertiary/aromatic N) is 4. The summed E-state index contributed by atoms with van der Waals surface area (Å²) in [5.41, 5.74) is 0.613. The van der Waals surface area contributed by atoms with Gasteiger partial charge in [-0.05, 0) is 31.4 Å². The Kier molecular flexibility index (Phi) is 3.60. The number of pyridine rings is 1. The van der Waals surface area contributed by atoms with Gasteiger partial charge >= 0.3 is 0 Å². The monoisotopic (exact) mass is 325 g/mol. The Morgan fingerprint density at radius 2 is 2.33 bits per heavy atom. The van der Waals surface area contributed by atoms with Crippen LogP contribution in [-0.4, -0.2) is 41.3 Å². The van der Waals surface area contributed by atoms with Crippen molar-refractivity contribution in [2.45, 2.75) is 43.7 Å². The van der Waals surface area contributed by atoms with E-state index in [9.17, 15) is 4.79 Å². The van der Waals surface area contributed by atoms with Crippen LogP contribution < -0.4 is 10.2 Å². The molecule has 0 radical (unpaired) electrons. The number of oxime groups is 1. The van der Waals surface area contributed by atoms with Gasteiger partial charge in [-0.25, -0.2) is 4.98 Å². The first-order valence-electron chi connectivity index (χ1n) is 8.34. The molecule has 1 saturated heterocycles. The minimum atomic E-state index is -0.429. The van der Waals surface area contributed by atoms with Crippen molar-refractivity contribution in [3.63, 3.8) is 0 Å². The summed E-state index contributed by atoms with van der Waals surface area (Å²) in [4.78, 5) is 24.3. The van der Waals surface area contributed by atoms with Crippen LogP contribution in [0.15, 0.2) is 23.5 Å². The first-order chi connectivity index (χ1) is 11.7. The number of nitrogens with one attached hydrogen (secondary N) is 1. The quantitative estimate of drug-likeness (QED) is 0.906. The van der Waals surface area contributed by atoms with Crippen LogP contribution in [0.4, 0.5) is 5.82 Å². The molecule has 7 heteroatoms. The average molecular weight is 325 g/mol. The number of anilines is 1. The topological polar surface area (TPSA) is 90.6 Å². The predicted octanol–water partition coefficient (Wildman–Crippen LogP) is 1.35. The van der Waals surface area contributed by atoms with E-state index in [0.717, 1.165) is 31.6 Å². The largest absolute Gasteiger partial charge is 0.386 e. The molecule has 1 aromatic heterocycles. The van der Waals surface area contributed by atoms with Gasteiger partial charge in [-0.3, -0.25) is 4.79 Å². The highest BCUT2D eigenvalue weighted by atomic mass is 16.7. The second kappa shape index (κ2) is 5.78. The number of aromatic nitrogens is 1. The predicted molar refractivity (Wildman–Crippen MR) is 87.4 cm³/mol. The van der Waals surface area contributed by atoms with E-state index < -0.39 is 5.60 Å². The van der Waals surface area contributed by atoms with E-state index in [0.29, 0.717) is 30.3 Å². The van der Waals surface area contributed by atoms with Crippen LogP contribution in [-0.2, 0) is 9.63 Å². The lowest BCUT2D eigenvalue weighted by atomic mass is 9.92. The van der Waals surface area contributed by atoms with Gasteiger partial charge in [0.05, 0.1) is 12.1 Å². The van der Waals surface area contributed by atoms with Gasteiger partial charge in [0, 0.05) is 31.6 Å². The normalized spacial score (nSPS) is 25.8. The van der Waals surface area contributed by atoms with Crippen LogP contribution >= 0.6 is 0 Å². The smallest absolute Gasteiger partial charge is 0.269 e. The van der Waals surface area contributed by atoms with Crippen molar-refractivity contribution < 1.29 is 9.63 Å². The molecule has 4 rings (SSSR count). The molecule has 1 spiro atoms. The van der Waals surface area contributed by atoms with E-state index in [2.05, 4.69) is 26.4 Å². The first kappa shape index (κ1) is 14.9. The summed E-state index contributed by atoms with van der Waals surface area (Å²) in [6, 6.07) is 5.98. The highest BCUT2D eigenvalue weighted by molar-refractivity contribution is 6.39. The molecule has 24 heavy (non-hydrogen) atoms. The number of amides is 1. The summed E-state index contributed by atoms with van der Waals surface area (Å²) in [6.07, 6.45) is 6.22. The van der Waals surface area contributed by atoms with Crippen molar-refractivity contribution in [3.05, 3.63) is 23.9 Å². The zero-order valence-corrected chi connectivity index (χ0v) is 13.4. The van der Waals surface area contributed by atoms with E-state index in [1.165, 1.54) is 6.42 Å². The number of hydrogen-bond donors (Lipinski definition) is 1. The standard InChI is InChI=1S/C17H19N5O2/c18-9-12-4-5-15(19-10-12)22-7-6-17(11-22)8-14(21-24-17)16(23)20-13-2-1-3-13/h4-5,10,13H,1-3,6-8,11H2,(H,20,23). The zero-order chi connectivity index (χ0) is 16.6. The maximum atomic E-state index is 12.2. The second-order valence-electron chi connectivity index (χ2n) is 6.78. The van der Waals surface area contributed by atoms with Crippen molar-refractivity contribution in [1.29, 1.82) is 5.26 Å². The van der Waals surface area contributed by atoms with E-state index in [-0.39, 0.29) is 5.91 Å². The second-order valence-corrected chi connectivity index (χ2v) is 6.78. The molecule has 0 aromatic carbocycles. The van der Waals surface area contributed by atoms with Crippen LogP contribution in [0.25, 0.3) is 0 Å². The highest BCUT2D eigenvalue weighted by Crippen LogP contribution is 2.35. The lowest BCUT2D eigenvalue weighted by Gasteiger charge is -2.26. The Hall–Kier alpha value is -2.62. The molecule has 2 aliphatic heterocycles. The maximum Gasteiger partial charge on any atom is 0.269 e. The SMILES string of the molecule is N#Cc1ccc(N2CCC3(CC(C(=O)NC4CCC4)=NO3)C2)nc1. The minimum Gasteiger partial charge on any atom is -0.386 e. The molecular weight excluding hydrogens is 306 g/mol. The van der Waals surface area contributed by atoms with Gasteiger partial charge in [-0.2, -0.15) is 5.26 Å². The molecule has 2 fully saturated rings. The Bertz CT molecular complexity index is 719. The third kappa shape index (κ3) is 2.68.